The van der Waals surface area contributed by atoms with Crippen molar-refractivity contribution in [3.8, 4) is 0 Å². The number of rotatable bonds is 4. The number of carbonyl (C=O) groups excluding carboxylic acids is 2. The standard InChI is InChI=1S/C19H22N4O2S/c24-17-12-16(15-4-2-1-3-5-15)13-23(17)14-18(25)21-7-9-22(10-8-21)19-20-6-11-26-19/h1-6,11,16H,7-10,12-14H2/t16-/m1/s1. The highest BCUT2D eigenvalue weighted by Gasteiger charge is 2.33. The van der Waals surface area contributed by atoms with Crippen LogP contribution in [0.3, 0.4) is 0 Å². The zero-order chi connectivity index (χ0) is 17.9. The summed E-state index contributed by atoms with van der Waals surface area (Å²) < 4.78 is 0. The lowest BCUT2D eigenvalue weighted by Gasteiger charge is -2.35. The maximum atomic E-state index is 12.6. The predicted octanol–water partition coefficient (Wildman–Crippen LogP) is 1.81. The molecule has 2 aromatic rings. The predicted molar refractivity (Wildman–Crippen MR) is 101 cm³/mol. The molecule has 2 amide bonds. The highest BCUT2D eigenvalue weighted by atomic mass is 32.1. The topological polar surface area (TPSA) is 56.8 Å². The molecule has 6 nitrogen and oxygen atoms in total. The number of piperazine rings is 1. The van der Waals surface area contributed by atoms with Crippen LogP contribution in [0.1, 0.15) is 17.9 Å². The minimum atomic E-state index is 0.0471. The summed E-state index contributed by atoms with van der Waals surface area (Å²) in [5, 5.41) is 2.98. The molecule has 2 saturated heterocycles. The van der Waals surface area contributed by atoms with Crippen LogP contribution in [-0.2, 0) is 9.59 Å². The zero-order valence-electron chi connectivity index (χ0n) is 14.6. The Kier molecular flexibility index (Phi) is 4.88. The Labute approximate surface area is 157 Å². The lowest BCUT2D eigenvalue weighted by molar-refractivity contribution is -0.138. The van der Waals surface area contributed by atoms with Gasteiger partial charge in [0.1, 0.15) is 0 Å². The Bertz CT molecular complexity index is 757. The number of aromatic nitrogens is 1. The highest BCUT2D eigenvalue weighted by molar-refractivity contribution is 7.13. The molecule has 0 radical (unpaired) electrons. The van der Waals surface area contributed by atoms with E-state index in [1.54, 1.807) is 22.4 Å². The summed E-state index contributed by atoms with van der Waals surface area (Å²) in [6, 6.07) is 10.1. The molecular formula is C19H22N4O2S. The second-order valence-corrected chi connectivity index (χ2v) is 7.64. The van der Waals surface area contributed by atoms with Gasteiger partial charge in [-0.3, -0.25) is 9.59 Å². The SMILES string of the molecule is O=C(CN1C[C@H](c2ccccc2)CC1=O)N1CCN(c2nccs2)CC1. The van der Waals surface area contributed by atoms with Gasteiger partial charge in [0.05, 0.1) is 6.54 Å². The largest absolute Gasteiger partial charge is 0.345 e. The number of likely N-dealkylation sites (tertiary alicyclic amines) is 1. The summed E-state index contributed by atoms with van der Waals surface area (Å²) >= 11 is 1.62. The van der Waals surface area contributed by atoms with Gasteiger partial charge in [-0.25, -0.2) is 4.98 Å². The molecule has 2 fully saturated rings. The number of amides is 2. The van der Waals surface area contributed by atoms with Crippen LogP contribution in [0.4, 0.5) is 5.13 Å². The van der Waals surface area contributed by atoms with Gasteiger partial charge >= 0.3 is 0 Å². The van der Waals surface area contributed by atoms with E-state index in [4.69, 9.17) is 0 Å². The van der Waals surface area contributed by atoms with Crippen LogP contribution >= 0.6 is 11.3 Å². The minimum Gasteiger partial charge on any atom is -0.345 e. The number of carbonyl (C=O) groups is 2. The molecule has 1 aromatic carbocycles. The van der Waals surface area contributed by atoms with E-state index in [1.807, 2.05) is 28.5 Å². The smallest absolute Gasteiger partial charge is 0.242 e. The molecule has 136 valence electrons. The Hall–Kier alpha value is -2.41. The fourth-order valence-corrected chi connectivity index (χ4v) is 4.35. The van der Waals surface area contributed by atoms with Crippen molar-refractivity contribution in [3.63, 3.8) is 0 Å². The molecule has 4 rings (SSSR count). The van der Waals surface area contributed by atoms with E-state index < -0.39 is 0 Å². The van der Waals surface area contributed by atoms with Crippen molar-refractivity contribution in [2.24, 2.45) is 0 Å². The van der Waals surface area contributed by atoms with Crippen molar-refractivity contribution in [3.05, 3.63) is 47.5 Å². The molecule has 26 heavy (non-hydrogen) atoms. The van der Waals surface area contributed by atoms with Crippen LogP contribution in [0.25, 0.3) is 0 Å². The normalized spacial score (nSPS) is 20.7. The second-order valence-electron chi connectivity index (χ2n) is 6.77. The van der Waals surface area contributed by atoms with Gasteiger partial charge in [-0.1, -0.05) is 30.3 Å². The number of nitrogens with zero attached hydrogens (tertiary/aromatic N) is 4. The molecule has 0 unspecified atom stereocenters. The van der Waals surface area contributed by atoms with Gasteiger partial charge in [0.2, 0.25) is 11.8 Å². The van der Waals surface area contributed by atoms with Crippen molar-refractivity contribution in [1.29, 1.82) is 0 Å². The van der Waals surface area contributed by atoms with Gasteiger partial charge in [0.25, 0.3) is 0 Å². The van der Waals surface area contributed by atoms with Crippen molar-refractivity contribution in [2.45, 2.75) is 12.3 Å². The molecular weight excluding hydrogens is 348 g/mol. The molecule has 2 aliphatic rings. The third kappa shape index (κ3) is 3.58. The molecule has 2 aliphatic heterocycles. The number of hydrogen-bond acceptors (Lipinski definition) is 5. The van der Waals surface area contributed by atoms with Gasteiger partial charge in [-0.2, -0.15) is 0 Å². The van der Waals surface area contributed by atoms with E-state index in [0.717, 1.165) is 18.2 Å². The first-order valence-corrected chi connectivity index (χ1v) is 9.83. The Morgan fingerprint density at radius 3 is 2.62 bits per heavy atom. The van der Waals surface area contributed by atoms with E-state index in [9.17, 15) is 9.59 Å². The molecule has 0 bridgehead atoms. The lowest BCUT2D eigenvalue weighted by atomic mass is 9.99. The van der Waals surface area contributed by atoms with Gasteiger partial charge in [0.15, 0.2) is 5.13 Å². The maximum Gasteiger partial charge on any atom is 0.242 e. The molecule has 0 spiro atoms. The van der Waals surface area contributed by atoms with Crippen LogP contribution in [0.15, 0.2) is 41.9 Å². The first kappa shape index (κ1) is 17.0. The molecule has 1 atom stereocenters. The summed E-state index contributed by atoms with van der Waals surface area (Å²) in [5.41, 5.74) is 1.17. The Morgan fingerprint density at radius 1 is 1.15 bits per heavy atom. The number of anilines is 1. The molecule has 1 aromatic heterocycles. The summed E-state index contributed by atoms with van der Waals surface area (Å²) in [6.07, 6.45) is 2.30. The van der Waals surface area contributed by atoms with Gasteiger partial charge in [-0.15, -0.1) is 11.3 Å². The minimum absolute atomic E-state index is 0.0471. The molecule has 3 heterocycles. The third-order valence-electron chi connectivity index (χ3n) is 5.13. The fraction of sp³-hybridized carbons (Fsp3) is 0.421. The number of thiazole rings is 1. The Morgan fingerprint density at radius 2 is 1.92 bits per heavy atom. The molecule has 7 heteroatoms. The second kappa shape index (κ2) is 7.45. The first-order valence-electron chi connectivity index (χ1n) is 8.95. The average Bonchev–Trinajstić information content (AvgIpc) is 3.33. The number of hydrogen-bond donors (Lipinski definition) is 0. The summed E-state index contributed by atoms with van der Waals surface area (Å²) in [5.74, 6) is 0.317. The quantitative estimate of drug-likeness (QED) is 0.824. The highest BCUT2D eigenvalue weighted by Crippen LogP contribution is 2.28. The van der Waals surface area contributed by atoms with Crippen molar-refractivity contribution >= 4 is 28.3 Å². The van der Waals surface area contributed by atoms with E-state index in [1.165, 1.54) is 5.56 Å². The molecule has 0 aliphatic carbocycles. The zero-order valence-corrected chi connectivity index (χ0v) is 15.4. The molecule has 0 N–H and O–H groups in total. The van der Waals surface area contributed by atoms with E-state index in [0.29, 0.717) is 26.1 Å². The number of benzene rings is 1. The first-order chi connectivity index (χ1) is 12.7. The Balaban J connectivity index is 1.30. The lowest BCUT2D eigenvalue weighted by Crippen LogP contribution is -2.51. The van der Waals surface area contributed by atoms with E-state index >= 15 is 0 Å². The van der Waals surface area contributed by atoms with Crippen LogP contribution in [0.2, 0.25) is 0 Å². The third-order valence-corrected chi connectivity index (χ3v) is 5.97. The fourth-order valence-electron chi connectivity index (χ4n) is 3.66. The van der Waals surface area contributed by atoms with Gasteiger partial charge in [-0.05, 0) is 5.56 Å². The van der Waals surface area contributed by atoms with Gasteiger partial charge < -0.3 is 14.7 Å². The van der Waals surface area contributed by atoms with Crippen molar-refractivity contribution in [1.82, 2.24) is 14.8 Å². The van der Waals surface area contributed by atoms with Crippen molar-refractivity contribution in [2.75, 3.05) is 44.2 Å². The van der Waals surface area contributed by atoms with E-state index in [-0.39, 0.29) is 24.3 Å². The van der Waals surface area contributed by atoms with Crippen LogP contribution in [0.5, 0.6) is 0 Å². The summed E-state index contributed by atoms with van der Waals surface area (Å²) in [6.45, 7) is 3.78. The average molecular weight is 370 g/mol. The summed E-state index contributed by atoms with van der Waals surface area (Å²) in [7, 11) is 0. The maximum absolute atomic E-state index is 12.6. The monoisotopic (exact) mass is 370 g/mol. The van der Waals surface area contributed by atoms with Crippen LogP contribution < -0.4 is 4.90 Å². The summed E-state index contributed by atoms with van der Waals surface area (Å²) in [4.78, 5) is 35.1. The van der Waals surface area contributed by atoms with Gasteiger partial charge in [0, 0.05) is 56.6 Å². The van der Waals surface area contributed by atoms with E-state index in [2.05, 4.69) is 22.0 Å². The molecule has 0 saturated carbocycles. The van der Waals surface area contributed by atoms with Crippen LogP contribution in [-0.4, -0.2) is 65.9 Å². The van der Waals surface area contributed by atoms with Crippen LogP contribution in [0, 0.1) is 0 Å². The van der Waals surface area contributed by atoms with Crippen molar-refractivity contribution < 1.29 is 9.59 Å².